The van der Waals surface area contributed by atoms with Gasteiger partial charge in [-0.15, -0.1) is 0 Å². The zero-order chi connectivity index (χ0) is 72.9. The second-order valence-electron chi connectivity index (χ2n) is 28.2. The van der Waals surface area contributed by atoms with Gasteiger partial charge in [-0.05, 0) is 161 Å². The Bertz CT molecular complexity index is 6950. The van der Waals surface area contributed by atoms with E-state index in [4.69, 9.17) is 8.83 Å². The molecule has 0 aliphatic carbocycles. The van der Waals surface area contributed by atoms with Crippen molar-refractivity contribution in [2.24, 2.45) is 0 Å². The van der Waals surface area contributed by atoms with E-state index in [1.54, 1.807) is 0 Å². The SMILES string of the molecule is c1ccc(-c2ccc(N(c3ccc(-c4ccc(-c5cccc6c5oc5c6ccc6ccc7ccccc7c65)cc4)cc3)c3ccccc3-c3ccccc3)cc2)cc1.c1ccc(-c2ccccc2N(c2ccccc2)c2ccc(-c3ccc(-c4cccc5c4oc4c5ccc5ccc6ccccc6c54)cc3)cc2)cc1. The van der Waals surface area contributed by atoms with Gasteiger partial charge >= 0.3 is 0 Å². The van der Waals surface area contributed by atoms with E-state index in [-0.39, 0.29) is 0 Å². The lowest BCUT2D eigenvalue weighted by molar-refractivity contribution is 0.673. The Labute approximate surface area is 638 Å². The summed E-state index contributed by atoms with van der Waals surface area (Å²) in [5, 5.41) is 14.1. The zero-order valence-electron chi connectivity index (χ0n) is 60.1. The third-order valence-corrected chi connectivity index (χ3v) is 21.8. The molecule has 0 aliphatic rings. The molecule has 2 heterocycles. The molecular weight excluding hydrogens is 1330 g/mol. The fraction of sp³-hybridized carbons (Fsp3) is 0. The lowest BCUT2D eigenvalue weighted by atomic mass is 9.97. The predicted molar refractivity (Wildman–Crippen MR) is 465 cm³/mol. The van der Waals surface area contributed by atoms with E-state index in [0.717, 1.165) is 111 Å². The standard InChI is InChI=1S/C56H37NO.C50H33NO/c1-3-12-38(13-4-1)40-28-33-46(34-29-40)57(53-21-10-9-17-48(53)42-14-5-2-6-15-42)47-35-30-41(31-36-47)39-22-24-44(25-23-39)50-19-11-20-51-52-37-32-45-27-26-43-16-7-8-18-49(43)54(45)56(52)58-55(50)51;1-3-12-36(13-4-1)42-17-9-10-21-47(42)51(40-15-5-2-6-16-40)41-31-28-35(29-32-41)34-22-24-38(25-23-34)44-19-11-20-45-46-33-30-39-27-26-37-14-7-8-18-43(37)48(39)50(46)52-49(44)45/h1-37H;1-33H. The molecular formula is C106H70N2O2. The van der Waals surface area contributed by atoms with Crippen molar-refractivity contribution in [3.8, 4) is 77.9 Å². The highest BCUT2D eigenvalue weighted by Gasteiger charge is 2.23. The van der Waals surface area contributed by atoms with Crippen LogP contribution in [-0.2, 0) is 0 Å². The quantitative estimate of drug-likeness (QED) is 0.108. The Balaban J connectivity index is 0.000000145. The molecule has 0 saturated carbocycles. The first-order valence-electron chi connectivity index (χ1n) is 37.6. The molecule has 0 unspecified atom stereocenters. The molecule has 2 aromatic heterocycles. The number of nitrogens with zero attached hydrogens (tertiary/aromatic N) is 2. The van der Waals surface area contributed by atoms with Crippen LogP contribution in [0.25, 0.3) is 165 Å². The van der Waals surface area contributed by atoms with Crippen molar-refractivity contribution < 1.29 is 8.83 Å². The molecule has 516 valence electrons. The molecule has 0 radical (unpaired) electrons. The van der Waals surface area contributed by atoms with Crippen molar-refractivity contribution in [1.29, 1.82) is 0 Å². The van der Waals surface area contributed by atoms with Crippen LogP contribution in [0, 0.1) is 0 Å². The molecule has 0 aliphatic heterocycles. The summed E-state index contributed by atoms with van der Waals surface area (Å²) in [7, 11) is 0. The highest BCUT2D eigenvalue weighted by atomic mass is 16.3. The maximum Gasteiger partial charge on any atom is 0.143 e. The average Bonchev–Trinajstić information content (AvgIpc) is 1.58. The van der Waals surface area contributed by atoms with Crippen LogP contribution in [0.1, 0.15) is 0 Å². The number of fused-ring (bicyclic) bond motifs is 14. The first-order valence-corrected chi connectivity index (χ1v) is 37.6. The highest BCUT2D eigenvalue weighted by molar-refractivity contribution is 6.25. The van der Waals surface area contributed by atoms with Crippen LogP contribution in [0.5, 0.6) is 0 Å². The van der Waals surface area contributed by atoms with Gasteiger partial charge in [0, 0.05) is 77.3 Å². The van der Waals surface area contributed by atoms with E-state index < -0.39 is 0 Å². The number of furan rings is 2. The molecule has 21 aromatic rings. The maximum atomic E-state index is 6.84. The molecule has 21 rings (SSSR count). The highest BCUT2D eigenvalue weighted by Crippen LogP contribution is 2.47. The molecule has 0 fully saturated rings. The fourth-order valence-corrected chi connectivity index (χ4v) is 16.4. The third kappa shape index (κ3) is 11.9. The minimum Gasteiger partial charge on any atom is -0.455 e. The van der Waals surface area contributed by atoms with E-state index in [2.05, 4.69) is 434 Å². The summed E-state index contributed by atoms with van der Waals surface area (Å²) in [4.78, 5) is 4.71. The third-order valence-electron chi connectivity index (χ3n) is 21.8. The van der Waals surface area contributed by atoms with Gasteiger partial charge in [-0.2, -0.15) is 0 Å². The van der Waals surface area contributed by atoms with Gasteiger partial charge in [-0.3, -0.25) is 0 Å². The largest absolute Gasteiger partial charge is 0.455 e. The Kier molecular flexibility index (Phi) is 16.6. The van der Waals surface area contributed by atoms with Crippen LogP contribution in [0.3, 0.4) is 0 Å². The summed E-state index contributed by atoms with van der Waals surface area (Å²) >= 11 is 0. The number of para-hydroxylation sites is 5. The van der Waals surface area contributed by atoms with Crippen LogP contribution in [0.15, 0.2) is 433 Å². The average molecular weight is 1400 g/mol. The first-order chi connectivity index (χ1) is 54.6. The van der Waals surface area contributed by atoms with Gasteiger partial charge in [0.25, 0.3) is 0 Å². The summed E-state index contributed by atoms with van der Waals surface area (Å²) in [6.45, 7) is 0. The van der Waals surface area contributed by atoms with E-state index in [9.17, 15) is 0 Å². The summed E-state index contributed by atoms with van der Waals surface area (Å²) in [5.74, 6) is 0. The second-order valence-corrected chi connectivity index (χ2v) is 28.2. The van der Waals surface area contributed by atoms with E-state index >= 15 is 0 Å². The van der Waals surface area contributed by atoms with Crippen LogP contribution in [0.2, 0.25) is 0 Å². The molecule has 0 atom stereocenters. The van der Waals surface area contributed by atoms with E-state index in [1.807, 2.05) is 0 Å². The van der Waals surface area contributed by atoms with Crippen molar-refractivity contribution in [1.82, 2.24) is 0 Å². The van der Waals surface area contributed by atoms with Crippen molar-refractivity contribution in [2.45, 2.75) is 0 Å². The number of rotatable bonds is 13. The van der Waals surface area contributed by atoms with Crippen molar-refractivity contribution in [3.05, 3.63) is 425 Å². The fourth-order valence-electron chi connectivity index (χ4n) is 16.4. The smallest absolute Gasteiger partial charge is 0.143 e. The normalized spacial score (nSPS) is 11.5. The predicted octanol–water partition coefficient (Wildman–Crippen LogP) is 30.4. The van der Waals surface area contributed by atoms with E-state index in [1.165, 1.54) is 87.6 Å². The number of hydrogen-bond donors (Lipinski definition) is 0. The molecule has 0 spiro atoms. The molecule has 19 aromatic carbocycles. The van der Waals surface area contributed by atoms with Crippen molar-refractivity contribution >= 4 is 121 Å². The van der Waals surface area contributed by atoms with Crippen molar-refractivity contribution in [3.63, 3.8) is 0 Å². The number of hydrogen-bond acceptors (Lipinski definition) is 4. The number of benzene rings is 19. The monoisotopic (exact) mass is 1400 g/mol. The van der Waals surface area contributed by atoms with Gasteiger partial charge in [-0.25, -0.2) is 0 Å². The second kappa shape index (κ2) is 28.0. The summed E-state index contributed by atoms with van der Waals surface area (Å²) in [6, 6.07) is 152. The Hall–Kier alpha value is -14.6. The molecule has 110 heavy (non-hydrogen) atoms. The Morgan fingerprint density at radius 3 is 0.800 bits per heavy atom. The molecule has 0 N–H and O–H groups in total. The molecule has 4 heteroatoms. The van der Waals surface area contributed by atoms with Gasteiger partial charge in [-0.1, -0.05) is 352 Å². The van der Waals surface area contributed by atoms with Gasteiger partial charge in [0.05, 0.1) is 11.4 Å². The van der Waals surface area contributed by atoms with Crippen LogP contribution >= 0.6 is 0 Å². The van der Waals surface area contributed by atoms with Crippen LogP contribution < -0.4 is 9.80 Å². The van der Waals surface area contributed by atoms with Crippen LogP contribution in [-0.4, -0.2) is 0 Å². The van der Waals surface area contributed by atoms with E-state index in [0.29, 0.717) is 0 Å². The Morgan fingerprint density at radius 1 is 0.145 bits per heavy atom. The van der Waals surface area contributed by atoms with Gasteiger partial charge in [0.2, 0.25) is 0 Å². The lowest BCUT2D eigenvalue weighted by Gasteiger charge is -2.28. The van der Waals surface area contributed by atoms with Crippen LogP contribution in [0.4, 0.5) is 34.1 Å². The topological polar surface area (TPSA) is 32.8 Å². The van der Waals surface area contributed by atoms with Gasteiger partial charge in [0.1, 0.15) is 22.3 Å². The minimum atomic E-state index is 0.919. The summed E-state index contributed by atoms with van der Waals surface area (Å²) < 4.78 is 13.7. The molecule has 0 saturated heterocycles. The zero-order valence-corrected chi connectivity index (χ0v) is 60.1. The van der Waals surface area contributed by atoms with Gasteiger partial charge in [0.15, 0.2) is 0 Å². The summed E-state index contributed by atoms with van der Waals surface area (Å²) in [6.07, 6.45) is 0. The van der Waals surface area contributed by atoms with Gasteiger partial charge < -0.3 is 18.6 Å². The molecule has 0 bridgehead atoms. The maximum absolute atomic E-state index is 6.84. The number of anilines is 6. The Morgan fingerprint density at radius 2 is 0.400 bits per heavy atom. The molecule has 4 nitrogen and oxygen atoms in total. The lowest BCUT2D eigenvalue weighted by Crippen LogP contribution is -2.11. The van der Waals surface area contributed by atoms with Crippen molar-refractivity contribution in [2.75, 3.05) is 9.80 Å². The summed E-state index contributed by atoms with van der Waals surface area (Å²) in [5.41, 5.74) is 26.6. The first kappa shape index (κ1) is 65.0. The minimum absolute atomic E-state index is 0.919. The molecule has 0 amide bonds.